The molecule has 7 nitrogen and oxygen atoms in total. The van der Waals surface area contributed by atoms with E-state index in [1.807, 2.05) is 42.5 Å². The van der Waals surface area contributed by atoms with Crippen LogP contribution in [0.3, 0.4) is 0 Å². The maximum Gasteiger partial charge on any atom is 0.199 e. The second kappa shape index (κ2) is 14.4. The van der Waals surface area contributed by atoms with Crippen LogP contribution in [0.15, 0.2) is 54.6 Å². The minimum Gasteiger partial charge on any atom is -0.497 e. The van der Waals surface area contributed by atoms with Crippen LogP contribution < -0.4 is 4.74 Å². The zero-order valence-electron chi connectivity index (χ0n) is 29.6. The summed E-state index contributed by atoms with van der Waals surface area (Å²) in [5, 5.41) is 0.0723. The number of methoxy groups -OCH3 is 1. The average molecular weight is 655 g/mol. The molecule has 3 saturated heterocycles. The molecule has 46 heavy (non-hydrogen) atoms. The first-order valence-electron chi connectivity index (χ1n) is 17.4. The van der Waals surface area contributed by atoms with Crippen LogP contribution in [0.5, 0.6) is 5.75 Å². The van der Waals surface area contributed by atoms with Crippen molar-refractivity contribution >= 4 is 8.32 Å². The molecule has 2 aromatic rings. The van der Waals surface area contributed by atoms with Crippen molar-refractivity contribution in [2.24, 2.45) is 5.92 Å². The molecule has 3 aliphatic rings. The van der Waals surface area contributed by atoms with E-state index in [2.05, 4.69) is 59.8 Å². The Kier molecular flexibility index (Phi) is 11.1. The van der Waals surface area contributed by atoms with Gasteiger partial charge in [-0.1, -0.05) is 70.2 Å². The molecule has 3 aliphatic heterocycles. The predicted octanol–water partition coefficient (Wildman–Crippen LogP) is 8.80. The fraction of sp³-hybridized carbons (Fsp3) is 0.684. The summed E-state index contributed by atoms with van der Waals surface area (Å²) >= 11 is 0. The van der Waals surface area contributed by atoms with Gasteiger partial charge in [0.1, 0.15) is 11.4 Å². The highest BCUT2D eigenvalue weighted by Gasteiger charge is 2.66. The van der Waals surface area contributed by atoms with E-state index in [1.54, 1.807) is 7.11 Å². The van der Waals surface area contributed by atoms with Gasteiger partial charge in [-0.15, -0.1) is 0 Å². The Balaban J connectivity index is 1.23. The monoisotopic (exact) mass is 654 g/mol. The van der Waals surface area contributed by atoms with Crippen molar-refractivity contribution in [1.29, 1.82) is 0 Å². The number of hydrogen-bond donors (Lipinski definition) is 0. The Labute approximate surface area is 278 Å². The molecule has 8 heteroatoms. The molecule has 3 heterocycles. The Hall–Kier alpha value is -1.78. The summed E-state index contributed by atoms with van der Waals surface area (Å²) in [4.78, 5) is 0. The number of hydrogen-bond acceptors (Lipinski definition) is 7. The topological polar surface area (TPSA) is 64.6 Å². The molecule has 0 radical (unpaired) electrons. The van der Waals surface area contributed by atoms with Gasteiger partial charge in [-0.25, -0.2) is 0 Å². The van der Waals surface area contributed by atoms with Gasteiger partial charge in [-0.2, -0.15) is 0 Å². The SMILES string of the molecule is COc1ccc(COCC[C@@H]2CC[C@@](C)(O[Si](C)(C)C(C)(C)C)[C@]3(CC[C@@]4(C[C@@H](C)[C@@H](CCOCc5ccccc5)O4)O3)O2)cc1. The van der Waals surface area contributed by atoms with Gasteiger partial charge in [-0.05, 0) is 79.9 Å². The molecule has 0 aromatic heterocycles. The van der Waals surface area contributed by atoms with E-state index in [1.165, 1.54) is 5.56 Å². The maximum atomic E-state index is 7.27. The van der Waals surface area contributed by atoms with Crippen molar-refractivity contribution in [1.82, 2.24) is 0 Å². The zero-order valence-corrected chi connectivity index (χ0v) is 30.6. The van der Waals surface area contributed by atoms with E-state index in [4.69, 9.17) is 32.8 Å². The number of ether oxygens (including phenoxy) is 6. The molecule has 6 atom stereocenters. The lowest BCUT2D eigenvalue weighted by atomic mass is 9.83. The first-order valence-corrected chi connectivity index (χ1v) is 20.3. The summed E-state index contributed by atoms with van der Waals surface area (Å²) < 4.78 is 45.8. The molecule has 0 aliphatic carbocycles. The molecule has 5 rings (SSSR count). The first kappa shape index (κ1) is 35.5. The molecular weight excluding hydrogens is 596 g/mol. The van der Waals surface area contributed by atoms with Crippen LogP contribution in [0.25, 0.3) is 0 Å². The summed E-state index contributed by atoms with van der Waals surface area (Å²) in [7, 11) is -0.453. The highest BCUT2D eigenvalue weighted by molar-refractivity contribution is 6.74. The maximum absolute atomic E-state index is 7.27. The smallest absolute Gasteiger partial charge is 0.199 e. The summed E-state index contributed by atoms with van der Waals surface area (Å²) in [6.45, 7) is 18.5. The summed E-state index contributed by atoms with van der Waals surface area (Å²) in [5.41, 5.74) is 1.76. The third kappa shape index (κ3) is 8.08. The molecule has 0 amide bonds. The summed E-state index contributed by atoms with van der Waals surface area (Å²) in [6.07, 6.45) is 5.97. The van der Waals surface area contributed by atoms with Crippen molar-refractivity contribution in [3.8, 4) is 5.75 Å². The predicted molar refractivity (Wildman–Crippen MR) is 183 cm³/mol. The van der Waals surface area contributed by atoms with Crippen LogP contribution in [0.2, 0.25) is 18.1 Å². The van der Waals surface area contributed by atoms with Crippen LogP contribution >= 0.6 is 0 Å². The van der Waals surface area contributed by atoms with Crippen molar-refractivity contribution in [2.45, 2.75) is 140 Å². The van der Waals surface area contributed by atoms with Crippen LogP contribution in [0.4, 0.5) is 0 Å². The van der Waals surface area contributed by atoms with Gasteiger partial charge in [0.15, 0.2) is 19.9 Å². The van der Waals surface area contributed by atoms with E-state index in [0.717, 1.165) is 56.3 Å². The highest BCUT2D eigenvalue weighted by atomic mass is 28.4. The fourth-order valence-electron chi connectivity index (χ4n) is 7.06. The van der Waals surface area contributed by atoms with E-state index >= 15 is 0 Å². The Morgan fingerprint density at radius 3 is 2.15 bits per heavy atom. The lowest BCUT2D eigenvalue weighted by Gasteiger charge is -2.55. The number of rotatable bonds is 13. The van der Waals surface area contributed by atoms with Crippen LogP contribution in [0, 0.1) is 5.92 Å². The molecule has 0 unspecified atom stereocenters. The van der Waals surface area contributed by atoms with E-state index in [9.17, 15) is 0 Å². The van der Waals surface area contributed by atoms with Gasteiger partial charge in [0.05, 0.1) is 32.5 Å². The van der Waals surface area contributed by atoms with Crippen LogP contribution in [-0.2, 0) is 41.3 Å². The van der Waals surface area contributed by atoms with Crippen molar-refractivity contribution in [3.63, 3.8) is 0 Å². The minimum absolute atomic E-state index is 0.0307. The largest absolute Gasteiger partial charge is 0.497 e. The van der Waals surface area contributed by atoms with Crippen molar-refractivity contribution in [2.75, 3.05) is 20.3 Å². The van der Waals surface area contributed by atoms with Crippen molar-refractivity contribution in [3.05, 3.63) is 65.7 Å². The average Bonchev–Trinajstić information content (AvgIpc) is 3.53. The van der Waals surface area contributed by atoms with Crippen LogP contribution in [-0.4, -0.2) is 58.0 Å². The van der Waals surface area contributed by atoms with Gasteiger partial charge in [-0.3, -0.25) is 0 Å². The fourth-order valence-corrected chi connectivity index (χ4v) is 8.75. The lowest BCUT2D eigenvalue weighted by molar-refractivity contribution is -0.384. The minimum atomic E-state index is -2.13. The molecule has 2 aromatic carbocycles. The van der Waals surface area contributed by atoms with Crippen molar-refractivity contribution < 1.29 is 32.8 Å². The van der Waals surface area contributed by atoms with Crippen LogP contribution in [0.1, 0.15) is 90.7 Å². The molecule has 0 saturated carbocycles. The van der Waals surface area contributed by atoms with Gasteiger partial charge in [0.2, 0.25) is 0 Å². The summed E-state index contributed by atoms with van der Waals surface area (Å²) in [6, 6.07) is 18.4. The van der Waals surface area contributed by atoms with Gasteiger partial charge >= 0.3 is 0 Å². The molecule has 0 N–H and O–H groups in total. The second-order valence-corrected chi connectivity index (χ2v) is 20.2. The highest BCUT2D eigenvalue weighted by Crippen LogP contribution is 2.58. The molecule has 3 fully saturated rings. The first-order chi connectivity index (χ1) is 21.8. The Bertz CT molecular complexity index is 1250. The third-order valence-corrected chi connectivity index (χ3v) is 15.5. The van der Waals surface area contributed by atoms with Gasteiger partial charge < -0.3 is 32.8 Å². The molecular formula is C38H58O7Si. The molecule has 2 spiro atoms. The molecule has 0 bridgehead atoms. The second-order valence-electron chi connectivity index (χ2n) is 15.5. The quantitative estimate of drug-likeness (QED) is 0.158. The van der Waals surface area contributed by atoms with E-state index in [0.29, 0.717) is 32.3 Å². The number of benzene rings is 2. The standard InChI is InChI=1S/C38H58O7Si/c1-29-26-37(43-34(29)20-25-41-27-30-12-10-9-11-13-30)22-23-38(44-37)36(5,45-46(7,8)35(2,3)4)21-18-33(42-38)19-24-40-28-31-14-16-32(39-6)17-15-31/h9-17,29,33-34H,18-28H2,1-8H3/t29-,33+,34-,36-,37+,38-/m1/s1. The Morgan fingerprint density at radius 1 is 0.848 bits per heavy atom. The zero-order chi connectivity index (χ0) is 33.1. The van der Waals surface area contributed by atoms with E-state index in [-0.39, 0.29) is 17.2 Å². The normalized spacial score (nSPS) is 31.6. The lowest BCUT2D eigenvalue weighted by Crippen LogP contribution is -2.65. The van der Waals surface area contributed by atoms with Gasteiger partial charge in [0.25, 0.3) is 0 Å². The van der Waals surface area contributed by atoms with E-state index < -0.39 is 25.5 Å². The summed E-state index contributed by atoms with van der Waals surface area (Å²) in [5.74, 6) is -0.298. The molecule has 256 valence electrons. The third-order valence-electron chi connectivity index (χ3n) is 10.9. The Morgan fingerprint density at radius 2 is 1.50 bits per heavy atom. The van der Waals surface area contributed by atoms with Gasteiger partial charge in [0, 0.05) is 32.5 Å².